The lowest BCUT2D eigenvalue weighted by Gasteiger charge is -2.15. The highest BCUT2D eigenvalue weighted by Crippen LogP contribution is 2.14. The molecular weight excluding hydrogens is 232 g/mol. The maximum atomic E-state index is 11.6. The van der Waals surface area contributed by atoms with Crippen molar-refractivity contribution < 1.29 is 4.79 Å². The molecule has 1 rings (SSSR count). The molecule has 0 aromatic heterocycles. The van der Waals surface area contributed by atoms with Gasteiger partial charge in [0.2, 0.25) is 5.91 Å². The molecule has 0 radical (unpaired) electrons. The van der Waals surface area contributed by atoms with Crippen LogP contribution in [0.3, 0.4) is 0 Å². The molecule has 94 valence electrons. The Bertz CT molecular complexity index is 362. The Morgan fingerprint density at radius 2 is 1.94 bits per heavy atom. The number of benzene rings is 1. The van der Waals surface area contributed by atoms with Gasteiger partial charge in [-0.3, -0.25) is 4.79 Å². The summed E-state index contributed by atoms with van der Waals surface area (Å²) in [6.45, 7) is 4.42. The zero-order valence-electron chi connectivity index (χ0n) is 10.6. The molecule has 1 aromatic carbocycles. The van der Waals surface area contributed by atoms with Crippen molar-refractivity contribution in [2.24, 2.45) is 11.7 Å². The number of carbonyl (C=O) groups is 1. The van der Waals surface area contributed by atoms with Crippen molar-refractivity contribution in [3.8, 4) is 0 Å². The molecule has 0 heterocycles. The van der Waals surface area contributed by atoms with E-state index in [9.17, 15) is 4.79 Å². The predicted octanol–water partition coefficient (Wildman–Crippen LogP) is 2.01. The largest absolute Gasteiger partial charge is 0.351 e. The van der Waals surface area contributed by atoms with Crippen LogP contribution in [0.25, 0.3) is 0 Å². The van der Waals surface area contributed by atoms with Crippen LogP contribution >= 0.6 is 11.8 Å². The van der Waals surface area contributed by atoms with E-state index in [2.05, 4.69) is 17.4 Å². The second kappa shape index (κ2) is 6.67. The highest BCUT2D eigenvalue weighted by atomic mass is 32.2. The number of thioether (sulfide) groups is 1. The second-order valence-corrected chi connectivity index (χ2v) is 5.22. The summed E-state index contributed by atoms with van der Waals surface area (Å²) in [5.41, 5.74) is 6.84. The Labute approximate surface area is 107 Å². The molecule has 17 heavy (non-hydrogen) atoms. The quantitative estimate of drug-likeness (QED) is 0.788. The van der Waals surface area contributed by atoms with E-state index in [4.69, 9.17) is 5.73 Å². The Hall–Kier alpha value is -1.00. The minimum Gasteiger partial charge on any atom is -0.351 e. The van der Waals surface area contributed by atoms with Gasteiger partial charge in [-0.15, -0.1) is 11.8 Å². The number of carbonyl (C=O) groups excluding carboxylic acids is 1. The fourth-order valence-corrected chi connectivity index (χ4v) is 1.76. The molecule has 1 amide bonds. The first kappa shape index (κ1) is 14.1. The van der Waals surface area contributed by atoms with Crippen molar-refractivity contribution in [2.45, 2.75) is 31.3 Å². The van der Waals surface area contributed by atoms with Gasteiger partial charge in [-0.25, -0.2) is 0 Å². The maximum absolute atomic E-state index is 11.6. The number of hydrogen-bond acceptors (Lipinski definition) is 3. The topological polar surface area (TPSA) is 55.1 Å². The van der Waals surface area contributed by atoms with Crippen LogP contribution in [0.4, 0.5) is 0 Å². The third kappa shape index (κ3) is 4.40. The van der Waals surface area contributed by atoms with E-state index in [-0.39, 0.29) is 11.8 Å². The minimum absolute atomic E-state index is 0.0889. The Morgan fingerprint density at radius 3 is 2.41 bits per heavy atom. The molecule has 0 fully saturated rings. The zero-order valence-corrected chi connectivity index (χ0v) is 11.4. The molecule has 0 saturated heterocycles. The summed E-state index contributed by atoms with van der Waals surface area (Å²) < 4.78 is 0. The molecule has 0 aliphatic heterocycles. The summed E-state index contributed by atoms with van der Waals surface area (Å²) in [6, 6.07) is 7.71. The summed E-state index contributed by atoms with van der Waals surface area (Å²) in [5.74, 6) is 0.0720. The molecule has 0 aliphatic carbocycles. The number of amides is 1. The standard InChI is InChI=1S/C13H20N2OS/c1-9(2)12(14)13(16)15-8-10-4-6-11(17-3)7-5-10/h4-7,9,12H,8,14H2,1-3H3,(H,15,16). The van der Waals surface area contributed by atoms with E-state index in [0.29, 0.717) is 6.54 Å². The Kier molecular flexibility index (Phi) is 5.51. The molecule has 3 nitrogen and oxygen atoms in total. The molecule has 1 aromatic rings. The van der Waals surface area contributed by atoms with E-state index >= 15 is 0 Å². The third-order valence-electron chi connectivity index (χ3n) is 2.65. The first-order valence-electron chi connectivity index (χ1n) is 5.71. The van der Waals surface area contributed by atoms with Gasteiger partial charge in [-0.05, 0) is 29.9 Å². The van der Waals surface area contributed by atoms with Gasteiger partial charge in [-0.2, -0.15) is 0 Å². The molecule has 1 atom stereocenters. The minimum atomic E-state index is -0.430. The maximum Gasteiger partial charge on any atom is 0.237 e. The Balaban J connectivity index is 2.47. The number of nitrogens with one attached hydrogen (secondary N) is 1. The van der Waals surface area contributed by atoms with Crippen molar-refractivity contribution in [3.63, 3.8) is 0 Å². The van der Waals surface area contributed by atoms with Crippen molar-refractivity contribution in [3.05, 3.63) is 29.8 Å². The van der Waals surface area contributed by atoms with Crippen molar-refractivity contribution in [1.29, 1.82) is 0 Å². The molecule has 3 N–H and O–H groups in total. The van der Waals surface area contributed by atoms with Crippen LogP contribution in [0, 0.1) is 5.92 Å². The van der Waals surface area contributed by atoms with Crippen LogP contribution in [-0.2, 0) is 11.3 Å². The van der Waals surface area contributed by atoms with Gasteiger partial charge in [0.1, 0.15) is 0 Å². The SMILES string of the molecule is CSc1ccc(CNC(=O)C(N)C(C)C)cc1. The fourth-order valence-electron chi connectivity index (χ4n) is 1.35. The highest BCUT2D eigenvalue weighted by Gasteiger charge is 2.16. The average molecular weight is 252 g/mol. The first-order chi connectivity index (χ1) is 8.04. The van der Waals surface area contributed by atoms with Crippen molar-refractivity contribution in [2.75, 3.05) is 6.26 Å². The molecule has 4 heteroatoms. The third-order valence-corrected chi connectivity index (χ3v) is 3.39. The molecule has 0 bridgehead atoms. The van der Waals surface area contributed by atoms with Crippen molar-refractivity contribution >= 4 is 17.7 Å². The molecule has 1 unspecified atom stereocenters. The lowest BCUT2D eigenvalue weighted by atomic mass is 10.0. The fraction of sp³-hybridized carbons (Fsp3) is 0.462. The summed E-state index contributed by atoms with van der Waals surface area (Å²) in [4.78, 5) is 12.9. The van der Waals surface area contributed by atoms with Crippen LogP contribution in [-0.4, -0.2) is 18.2 Å². The molecule has 0 spiro atoms. The van der Waals surface area contributed by atoms with Gasteiger partial charge in [0.15, 0.2) is 0 Å². The predicted molar refractivity (Wildman–Crippen MR) is 72.9 cm³/mol. The Morgan fingerprint density at radius 1 is 1.35 bits per heavy atom. The van der Waals surface area contributed by atoms with E-state index in [0.717, 1.165) is 5.56 Å². The smallest absolute Gasteiger partial charge is 0.237 e. The summed E-state index contributed by atoms with van der Waals surface area (Å²) in [7, 11) is 0. The number of hydrogen-bond donors (Lipinski definition) is 2. The van der Waals surface area contributed by atoms with Gasteiger partial charge < -0.3 is 11.1 Å². The van der Waals surface area contributed by atoms with Crippen LogP contribution in [0.2, 0.25) is 0 Å². The second-order valence-electron chi connectivity index (χ2n) is 4.34. The van der Waals surface area contributed by atoms with Gasteiger partial charge in [0.05, 0.1) is 6.04 Å². The summed E-state index contributed by atoms with van der Waals surface area (Å²) in [6.07, 6.45) is 2.04. The van der Waals surface area contributed by atoms with E-state index in [1.807, 2.05) is 32.2 Å². The zero-order chi connectivity index (χ0) is 12.8. The summed E-state index contributed by atoms with van der Waals surface area (Å²) >= 11 is 1.70. The lowest BCUT2D eigenvalue weighted by Crippen LogP contribution is -2.43. The van der Waals surface area contributed by atoms with Crippen LogP contribution in [0.15, 0.2) is 29.2 Å². The van der Waals surface area contributed by atoms with Crippen LogP contribution < -0.4 is 11.1 Å². The van der Waals surface area contributed by atoms with Crippen molar-refractivity contribution in [1.82, 2.24) is 5.32 Å². The highest BCUT2D eigenvalue weighted by molar-refractivity contribution is 7.98. The van der Waals surface area contributed by atoms with E-state index in [1.165, 1.54) is 4.90 Å². The van der Waals surface area contributed by atoms with Gasteiger partial charge in [0, 0.05) is 11.4 Å². The lowest BCUT2D eigenvalue weighted by molar-refractivity contribution is -0.123. The van der Waals surface area contributed by atoms with E-state index in [1.54, 1.807) is 11.8 Å². The molecule has 0 aliphatic rings. The van der Waals surface area contributed by atoms with Crippen LogP contribution in [0.1, 0.15) is 19.4 Å². The summed E-state index contributed by atoms with van der Waals surface area (Å²) in [5, 5.41) is 2.85. The van der Waals surface area contributed by atoms with E-state index < -0.39 is 6.04 Å². The molecular formula is C13H20N2OS. The molecule has 0 saturated carbocycles. The van der Waals surface area contributed by atoms with Gasteiger partial charge >= 0.3 is 0 Å². The number of nitrogens with two attached hydrogens (primary N) is 1. The number of rotatable bonds is 5. The monoisotopic (exact) mass is 252 g/mol. The normalized spacial score (nSPS) is 12.5. The first-order valence-corrected chi connectivity index (χ1v) is 6.93. The average Bonchev–Trinajstić information content (AvgIpc) is 2.35. The van der Waals surface area contributed by atoms with Gasteiger partial charge in [0.25, 0.3) is 0 Å². The van der Waals surface area contributed by atoms with Crippen LogP contribution in [0.5, 0.6) is 0 Å². The van der Waals surface area contributed by atoms with Gasteiger partial charge in [-0.1, -0.05) is 26.0 Å².